The molecule has 166 valence electrons. The van der Waals surface area contributed by atoms with Gasteiger partial charge in [0.1, 0.15) is 0 Å². The lowest BCUT2D eigenvalue weighted by Crippen LogP contribution is -2.46. The number of likely N-dealkylation sites (tertiary alicyclic amines) is 1. The Morgan fingerprint density at radius 2 is 1.71 bits per heavy atom. The number of carbonyl (C=O) groups is 2. The average Bonchev–Trinajstić information content (AvgIpc) is 2.78. The topological polar surface area (TPSA) is 61.4 Å². The number of amides is 2. The summed E-state index contributed by atoms with van der Waals surface area (Å²) in [6.07, 6.45) is 2.59. The molecule has 0 radical (unpaired) electrons. The fourth-order valence-electron chi connectivity index (χ4n) is 3.94. The number of nitrogens with one attached hydrogen (secondary N) is 2. The summed E-state index contributed by atoms with van der Waals surface area (Å²) in [5.41, 5.74) is 1.29. The molecule has 1 aliphatic rings. The molecule has 0 bridgehead atoms. The third-order valence-corrected chi connectivity index (χ3v) is 6.38. The molecule has 6 heteroatoms. The van der Waals surface area contributed by atoms with Gasteiger partial charge in [0.25, 0.3) is 5.91 Å². The number of hydrogen-bond acceptors (Lipinski definition) is 3. The van der Waals surface area contributed by atoms with Gasteiger partial charge in [-0.15, -0.1) is 0 Å². The van der Waals surface area contributed by atoms with E-state index in [2.05, 4.69) is 29.4 Å². The van der Waals surface area contributed by atoms with Crippen LogP contribution in [0.2, 0.25) is 5.02 Å². The maximum absolute atomic E-state index is 12.8. The van der Waals surface area contributed by atoms with Crippen LogP contribution < -0.4 is 10.6 Å². The minimum Gasteiger partial charge on any atom is -0.354 e. The summed E-state index contributed by atoms with van der Waals surface area (Å²) in [6, 6.07) is 16.3. The van der Waals surface area contributed by atoms with E-state index in [0.717, 1.165) is 24.6 Å². The molecular formula is C25H32ClN3O2. The third-order valence-electron chi connectivity index (χ3n) is 6.05. The van der Waals surface area contributed by atoms with Gasteiger partial charge in [0.2, 0.25) is 5.91 Å². The molecule has 0 saturated carbocycles. The number of rotatable bonds is 8. The predicted molar refractivity (Wildman–Crippen MR) is 125 cm³/mol. The van der Waals surface area contributed by atoms with Gasteiger partial charge >= 0.3 is 0 Å². The molecule has 2 N–H and O–H groups in total. The average molecular weight is 442 g/mol. The van der Waals surface area contributed by atoms with Gasteiger partial charge in [-0.25, -0.2) is 0 Å². The first-order valence-corrected chi connectivity index (χ1v) is 11.4. The van der Waals surface area contributed by atoms with Crippen molar-refractivity contribution in [1.29, 1.82) is 0 Å². The van der Waals surface area contributed by atoms with Crippen molar-refractivity contribution in [3.8, 4) is 0 Å². The Morgan fingerprint density at radius 3 is 2.39 bits per heavy atom. The monoisotopic (exact) mass is 441 g/mol. The highest BCUT2D eigenvalue weighted by atomic mass is 35.5. The van der Waals surface area contributed by atoms with E-state index < -0.39 is 6.04 Å². The van der Waals surface area contributed by atoms with Crippen LogP contribution in [0.5, 0.6) is 0 Å². The van der Waals surface area contributed by atoms with Crippen molar-refractivity contribution in [3.63, 3.8) is 0 Å². The zero-order valence-corrected chi connectivity index (χ0v) is 19.1. The molecular weight excluding hydrogens is 410 g/mol. The minimum atomic E-state index is -0.434. The highest BCUT2D eigenvalue weighted by Gasteiger charge is 2.23. The van der Waals surface area contributed by atoms with E-state index in [1.54, 1.807) is 24.3 Å². The maximum atomic E-state index is 12.8. The largest absolute Gasteiger partial charge is 0.354 e. The number of hydrogen-bond donors (Lipinski definition) is 2. The van der Waals surface area contributed by atoms with Gasteiger partial charge in [-0.3, -0.25) is 14.5 Å². The fraction of sp³-hybridized carbons (Fsp3) is 0.440. The first kappa shape index (κ1) is 23.3. The van der Waals surface area contributed by atoms with Crippen molar-refractivity contribution in [3.05, 3.63) is 70.7 Å². The third kappa shape index (κ3) is 6.81. The second kappa shape index (κ2) is 11.3. The zero-order valence-electron chi connectivity index (χ0n) is 18.3. The molecule has 5 nitrogen and oxygen atoms in total. The number of benzene rings is 2. The first-order chi connectivity index (χ1) is 14.9. The SMILES string of the molecule is CC1CCN(C(C)CNC(=O)CC(NC(=O)c2ccccc2Cl)c2ccccc2)CC1. The van der Waals surface area contributed by atoms with Crippen LogP contribution in [0.1, 0.15) is 55.1 Å². The Labute approximate surface area is 190 Å². The lowest BCUT2D eigenvalue weighted by Gasteiger charge is -2.35. The van der Waals surface area contributed by atoms with E-state index in [4.69, 9.17) is 11.6 Å². The number of carbonyl (C=O) groups excluding carboxylic acids is 2. The molecule has 2 amide bonds. The van der Waals surface area contributed by atoms with Crippen LogP contribution in [0.25, 0.3) is 0 Å². The Hall–Kier alpha value is -2.37. The highest BCUT2D eigenvalue weighted by molar-refractivity contribution is 6.33. The second-order valence-corrected chi connectivity index (χ2v) is 8.90. The zero-order chi connectivity index (χ0) is 22.2. The fourth-order valence-corrected chi connectivity index (χ4v) is 4.16. The second-order valence-electron chi connectivity index (χ2n) is 8.49. The molecule has 1 fully saturated rings. The smallest absolute Gasteiger partial charge is 0.253 e. The molecule has 2 aromatic carbocycles. The molecule has 0 aliphatic carbocycles. The Morgan fingerprint density at radius 1 is 1.06 bits per heavy atom. The molecule has 2 unspecified atom stereocenters. The number of halogens is 1. The Kier molecular flexibility index (Phi) is 8.50. The molecule has 31 heavy (non-hydrogen) atoms. The van der Waals surface area contributed by atoms with Crippen LogP contribution in [0.3, 0.4) is 0 Å². The molecule has 2 aromatic rings. The molecule has 0 spiro atoms. The lowest BCUT2D eigenvalue weighted by molar-refractivity contribution is -0.121. The maximum Gasteiger partial charge on any atom is 0.253 e. The quantitative estimate of drug-likeness (QED) is 0.636. The van der Waals surface area contributed by atoms with Crippen LogP contribution in [0.4, 0.5) is 0 Å². The Balaban J connectivity index is 1.60. The van der Waals surface area contributed by atoms with Gasteiger partial charge in [-0.1, -0.05) is 61.0 Å². The normalized spacial score (nSPS) is 17.0. The van der Waals surface area contributed by atoms with Crippen LogP contribution in [0.15, 0.2) is 54.6 Å². The summed E-state index contributed by atoms with van der Waals surface area (Å²) >= 11 is 6.18. The van der Waals surface area contributed by atoms with Crippen molar-refractivity contribution in [1.82, 2.24) is 15.5 Å². The van der Waals surface area contributed by atoms with E-state index in [1.165, 1.54) is 12.8 Å². The predicted octanol–water partition coefficient (Wildman–Crippen LogP) is 4.44. The van der Waals surface area contributed by atoms with Gasteiger partial charge in [-0.05, 0) is 56.5 Å². The summed E-state index contributed by atoms with van der Waals surface area (Å²) in [7, 11) is 0. The standard InChI is InChI=1S/C25H32ClN3O2/c1-18-12-14-29(15-13-18)19(2)17-27-24(30)16-23(20-8-4-3-5-9-20)28-25(31)21-10-6-7-11-22(21)26/h3-11,18-19,23H,12-17H2,1-2H3,(H,27,30)(H,28,31). The minimum absolute atomic E-state index is 0.0782. The molecule has 1 aliphatic heterocycles. The van der Waals surface area contributed by atoms with Crippen LogP contribution in [0, 0.1) is 5.92 Å². The van der Waals surface area contributed by atoms with Crippen molar-refractivity contribution in [2.24, 2.45) is 5.92 Å². The summed E-state index contributed by atoms with van der Waals surface area (Å²) in [5.74, 6) is 0.417. The lowest BCUT2D eigenvalue weighted by atomic mass is 9.98. The van der Waals surface area contributed by atoms with E-state index in [-0.39, 0.29) is 18.2 Å². The Bertz CT molecular complexity index is 866. The van der Waals surface area contributed by atoms with Gasteiger partial charge in [0.15, 0.2) is 0 Å². The number of piperidine rings is 1. The van der Waals surface area contributed by atoms with Crippen molar-refractivity contribution < 1.29 is 9.59 Å². The van der Waals surface area contributed by atoms with E-state index in [9.17, 15) is 9.59 Å². The summed E-state index contributed by atoms with van der Waals surface area (Å²) in [4.78, 5) is 28.0. The van der Waals surface area contributed by atoms with Gasteiger partial charge in [0, 0.05) is 12.6 Å². The van der Waals surface area contributed by atoms with Gasteiger partial charge in [-0.2, -0.15) is 0 Å². The molecule has 1 saturated heterocycles. The number of nitrogens with zero attached hydrogens (tertiary/aromatic N) is 1. The molecule has 0 aromatic heterocycles. The molecule has 3 rings (SSSR count). The van der Waals surface area contributed by atoms with Gasteiger partial charge < -0.3 is 10.6 Å². The van der Waals surface area contributed by atoms with Crippen molar-refractivity contribution >= 4 is 23.4 Å². The van der Waals surface area contributed by atoms with E-state index in [0.29, 0.717) is 23.2 Å². The van der Waals surface area contributed by atoms with Crippen molar-refractivity contribution in [2.45, 2.75) is 45.2 Å². The molecule has 2 atom stereocenters. The van der Waals surface area contributed by atoms with E-state index in [1.807, 2.05) is 30.3 Å². The van der Waals surface area contributed by atoms with Crippen molar-refractivity contribution in [2.75, 3.05) is 19.6 Å². The first-order valence-electron chi connectivity index (χ1n) is 11.0. The summed E-state index contributed by atoms with van der Waals surface area (Å²) in [5, 5.41) is 6.43. The summed E-state index contributed by atoms with van der Waals surface area (Å²) < 4.78 is 0. The molecule has 1 heterocycles. The summed E-state index contributed by atoms with van der Waals surface area (Å²) in [6.45, 7) is 7.22. The van der Waals surface area contributed by atoms with Gasteiger partial charge in [0.05, 0.1) is 23.0 Å². The van der Waals surface area contributed by atoms with Crippen LogP contribution in [-0.4, -0.2) is 42.4 Å². The highest BCUT2D eigenvalue weighted by Crippen LogP contribution is 2.21. The van der Waals surface area contributed by atoms with Crippen LogP contribution >= 0.6 is 11.6 Å². The van der Waals surface area contributed by atoms with E-state index >= 15 is 0 Å². The van der Waals surface area contributed by atoms with Crippen LogP contribution in [-0.2, 0) is 4.79 Å².